The fourth-order valence-corrected chi connectivity index (χ4v) is 1.39. The Hall–Kier alpha value is -0.840. The molecule has 4 heteroatoms. The van der Waals surface area contributed by atoms with Crippen LogP contribution in [0.15, 0.2) is 22.8 Å². The minimum atomic E-state index is -0.333. The van der Waals surface area contributed by atoms with Crippen LogP contribution >= 0.6 is 0 Å². The average molecular weight is 198 g/mol. The van der Waals surface area contributed by atoms with Crippen molar-refractivity contribution in [3.05, 3.63) is 24.2 Å². The SMILES string of the molecule is CNCC(O)CN(C)Cc1ccco1. The van der Waals surface area contributed by atoms with Gasteiger partial charge in [0.05, 0.1) is 18.9 Å². The molecule has 4 nitrogen and oxygen atoms in total. The number of hydrogen-bond donors (Lipinski definition) is 2. The van der Waals surface area contributed by atoms with E-state index in [4.69, 9.17) is 4.42 Å². The molecule has 0 aliphatic rings. The molecule has 2 N–H and O–H groups in total. The Morgan fingerprint density at radius 1 is 1.64 bits per heavy atom. The highest BCUT2D eigenvalue weighted by molar-refractivity contribution is 4.97. The van der Waals surface area contributed by atoms with Crippen LogP contribution in [0.1, 0.15) is 5.76 Å². The van der Waals surface area contributed by atoms with Crippen molar-refractivity contribution in [2.24, 2.45) is 0 Å². The Bertz CT molecular complexity index is 236. The van der Waals surface area contributed by atoms with E-state index in [1.165, 1.54) is 0 Å². The summed E-state index contributed by atoms with van der Waals surface area (Å²) in [6, 6.07) is 3.80. The second-order valence-electron chi connectivity index (χ2n) is 3.49. The molecule has 1 atom stereocenters. The van der Waals surface area contributed by atoms with Gasteiger partial charge in [-0.3, -0.25) is 4.90 Å². The zero-order chi connectivity index (χ0) is 10.4. The van der Waals surface area contributed by atoms with Gasteiger partial charge in [-0.1, -0.05) is 0 Å². The van der Waals surface area contributed by atoms with Crippen LogP contribution in [-0.4, -0.2) is 43.3 Å². The van der Waals surface area contributed by atoms with Crippen molar-refractivity contribution >= 4 is 0 Å². The molecule has 0 aliphatic heterocycles. The van der Waals surface area contributed by atoms with Crippen molar-refractivity contribution in [2.45, 2.75) is 12.6 Å². The summed E-state index contributed by atoms with van der Waals surface area (Å²) in [6.07, 6.45) is 1.33. The maximum absolute atomic E-state index is 9.51. The van der Waals surface area contributed by atoms with Gasteiger partial charge in [-0.25, -0.2) is 0 Å². The van der Waals surface area contributed by atoms with E-state index in [1.54, 1.807) is 6.26 Å². The highest BCUT2D eigenvalue weighted by Crippen LogP contribution is 2.03. The highest BCUT2D eigenvalue weighted by Gasteiger charge is 2.08. The third-order valence-corrected chi connectivity index (χ3v) is 1.97. The van der Waals surface area contributed by atoms with E-state index < -0.39 is 0 Å². The van der Waals surface area contributed by atoms with E-state index in [9.17, 15) is 5.11 Å². The highest BCUT2D eigenvalue weighted by atomic mass is 16.3. The third-order valence-electron chi connectivity index (χ3n) is 1.97. The predicted molar refractivity (Wildman–Crippen MR) is 55.0 cm³/mol. The summed E-state index contributed by atoms with van der Waals surface area (Å²) in [5, 5.41) is 12.4. The average Bonchev–Trinajstić information content (AvgIpc) is 2.56. The number of likely N-dealkylation sites (N-methyl/N-ethyl adjacent to an activating group) is 2. The molecular formula is C10H18N2O2. The molecule has 0 aliphatic carbocycles. The molecular weight excluding hydrogens is 180 g/mol. The van der Waals surface area contributed by atoms with E-state index >= 15 is 0 Å². The van der Waals surface area contributed by atoms with Crippen LogP contribution in [0.2, 0.25) is 0 Å². The number of aliphatic hydroxyl groups is 1. The van der Waals surface area contributed by atoms with Gasteiger partial charge in [0.25, 0.3) is 0 Å². The molecule has 80 valence electrons. The lowest BCUT2D eigenvalue weighted by atomic mass is 10.3. The molecule has 0 amide bonds. The van der Waals surface area contributed by atoms with E-state index in [0.717, 1.165) is 12.3 Å². The minimum Gasteiger partial charge on any atom is -0.468 e. The standard InChI is InChI=1S/C10H18N2O2/c1-11-6-9(13)7-12(2)8-10-4-3-5-14-10/h3-5,9,11,13H,6-8H2,1-2H3. The molecule has 0 aromatic carbocycles. The van der Waals surface area contributed by atoms with Crippen LogP contribution < -0.4 is 5.32 Å². The van der Waals surface area contributed by atoms with Gasteiger partial charge in [-0.15, -0.1) is 0 Å². The Kier molecular flexibility index (Phi) is 4.65. The summed E-state index contributed by atoms with van der Waals surface area (Å²) >= 11 is 0. The fraction of sp³-hybridized carbons (Fsp3) is 0.600. The lowest BCUT2D eigenvalue weighted by molar-refractivity contribution is 0.120. The molecule has 1 aromatic heterocycles. The first-order valence-corrected chi connectivity index (χ1v) is 4.76. The number of aliphatic hydroxyl groups excluding tert-OH is 1. The van der Waals surface area contributed by atoms with Crippen LogP contribution in [0.25, 0.3) is 0 Å². The first-order chi connectivity index (χ1) is 6.72. The zero-order valence-electron chi connectivity index (χ0n) is 8.73. The Balaban J connectivity index is 2.25. The predicted octanol–water partition coefficient (Wildman–Crippen LogP) is 0.292. The number of hydrogen-bond acceptors (Lipinski definition) is 4. The Morgan fingerprint density at radius 2 is 2.43 bits per heavy atom. The minimum absolute atomic E-state index is 0.333. The van der Waals surface area contributed by atoms with Crippen molar-refractivity contribution in [2.75, 3.05) is 27.2 Å². The Morgan fingerprint density at radius 3 is 3.00 bits per heavy atom. The number of nitrogens with one attached hydrogen (secondary N) is 1. The van der Waals surface area contributed by atoms with Crippen molar-refractivity contribution in [1.29, 1.82) is 0 Å². The molecule has 0 bridgehead atoms. The number of furan rings is 1. The molecule has 14 heavy (non-hydrogen) atoms. The van der Waals surface area contributed by atoms with Crippen LogP contribution in [0.3, 0.4) is 0 Å². The van der Waals surface area contributed by atoms with E-state index in [-0.39, 0.29) is 6.10 Å². The summed E-state index contributed by atoms with van der Waals surface area (Å²) in [6.45, 7) is 1.98. The van der Waals surface area contributed by atoms with Crippen LogP contribution in [-0.2, 0) is 6.54 Å². The number of nitrogens with zero attached hydrogens (tertiary/aromatic N) is 1. The third kappa shape index (κ3) is 3.91. The monoisotopic (exact) mass is 198 g/mol. The van der Waals surface area contributed by atoms with Crippen LogP contribution in [0, 0.1) is 0 Å². The first kappa shape index (κ1) is 11.2. The summed E-state index contributed by atoms with van der Waals surface area (Å²) < 4.78 is 5.21. The zero-order valence-corrected chi connectivity index (χ0v) is 8.73. The lowest BCUT2D eigenvalue weighted by Gasteiger charge is -2.19. The molecule has 1 rings (SSSR count). The van der Waals surface area contributed by atoms with Gasteiger partial charge >= 0.3 is 0 Å². The maximum atomic E-state index is 9.51. The Labute approximate surface area is 84.5 Å². The molecule has 1 unspecified atom stereocenters. The van der Waals surface area contributed by atoms with Gasteiger partial charge in [-0.05, 0) is 26.2 Å². The molecule has 0 saturated heterocycles. The molecule has 0 fully saturated rings. The van der Waals surface area contributed by atoms with Crippen LogP contribution in [0.5, 0.6) is 0 Å². The molecule has 0 saturated carbocycles. The molecule has 0 radical (unpaired) electrons. The van der Waals surface area contributed by atoms with Gasteiger partial charge in [0.1, 0.15) is 5.76 Å². The van der Waals surface area contributed by atoms with Crippen molar-refractivity contribution in [3.8, 4) is 0 Å². The van der Waals surface area contributed by atoms with E-state index in [1.807, 2.05) is 31.1 Å². The van der Waals surface area contributed by atoms with Crippen LogP contribution in [0.4, 0.5) is 0 Å². The van der Waals surface area contributed by atoms with Crippen molar-refractivity contribution in [3.63, 3.8) is 0 Å². The first-order valence-electron chi connectivity index (χ1n) is 4.76. The normalized spacial score (nSPS) is 13.4. The van der Waals surface area contributed by atoms with Gasteiger partial charge < -0.3 is 14.8 Å². The quantitative estimate of drug-likeness (QED) is 0.690. The maximum Gasteiger partial charge on any atom is 0.117 e. The van der Waals surface area contributed by atoms with Gasteiger partial charge in [0.15, 0.2) is 0 Å². The van der Waals surface area contributed by atoms with Crippen molar-refractivity contribution in [1.82, 2.24) is 10.2 Å². The second kappa shape index (κ2) is 5.80. The molecule has 0 spiro atoms. The van der Waals surface area contributed by atoms with E-state index in [0.29, 0.717) is 13.1 Å². The van der Waals surface area contributed by atoms with Gasteiger partial charge in [0, 0.05) is 13.1 Å². The summed E-state index contributed by atoms with van der Waals surface area (Å²) in [5.41, 5.74) is 0. The van der Waals surface area contributed by atoms with Crippen molar-refractivity contribution < 1.29 is 9.52 Å². The lowest BCUT2D eigenvalue weighted by Crippen LogP contribution is -2.35. The summed E-state index contributed by atoms with van der Waals surface area (Å²) in [7, 11) is 3.79. The second-order valence-corrected chi connectivity index (χ2v) is 3.49. The molecule has 1 aromatic rings. The number of rotatable bonds is 6. The smallest absolute Gasteiger partial charge is 0.117 e. The summed E-state index contributed by atoms with van der Waals surface area (Å²) in [4.78, 5) is 2.03. The largest absolute Gasteiger partial charge is 0.468 e. The van der Waals surface area contributed by atoms with Gasteiger partial charge in [0.2, 0.25) is 0 Å². The van der Waals surface area contributed by atoms with Gasteiger partial charge in [-0.2, -0.15) is 0 Å². The molecule has 1 heterocycles. The topological polar surface area (TPSA) is 48.6 Å². The van der Waals surface area contributed by atoms with E-state index in [2.05, 4.69) is 5.32 Å². The fourth-order valence-electron chi connectivity index (χ4n) is 1.39. The summed E-state index contributed by atoms with van der Waals surface area (Å²) in [5.74, 6) is 0.921.